The number of fused-ring (bicyclic) bond motifs is 7. The van der Waals surface area contributed by atoms with Crippen LogP contribution < -0.4 is 5.56 Å². The molecular weight excluding hydrogens is 300 g/mol. The lowest BCUT2D eigenvalue weighted by molar-refractivity contribution is -0.194. The lowest BCUT2D eigenvalue weighted by Gasteiger charge is -2.24. The van der Waals surface area contributed by atoms with Crippen LogP contribution in [0, 0.1) is 4.77 Å². The van der Waals surface area contributed by atoms with E-state index in [1.54, 1.807) is 17.8 Å². The summed E-state index contributed by atoms with van der Waals surface area (Å²) in [5.41, 5.74) is -0.188. The van der Waals surface area contributed by atoms with Crippen molar-refractivity contribution in [1.29, 1.82) is 0 Å². The van der Waals surface area contributed by atoms with Crippen molar-refractivity contribution in [2.75, 3.05) is 5.75 Å². The lowest BCUT2D eigenvalue weighted by Crippen LogP contribution is -2.32. The van der Waals surface area contributed by atoms with Gasteiger partial charge in [0.25, 0.3) is 5.56 Å². The maximum atomic E-state index is 11.6. The Labute approximate surface area is 124 Å². The van der Waals surface area contributed by atoms with E-state index in [1.165, 1.54) is 0 Å². The molecule has 6 nitrogen and oxygen atoms in total. The fourth-order valence-corrected chi connectivity index (χ4v) is 4.49. The largest absolute Gasteiger partial charge is 0.348 e. The van der Waals surface area contributed by atoms with E-state index in [4.69, 9.17) is 26.4 Å². The van der Waals surface area contributed by atoms with Crippen molar-refractivity contribution in [3.63, 3.8) is 0 Å². The Morgan fingerprint density at radius 3 is 3.00 bits per heavy atom. The maximum Gasteiger partial charge on any atom is 0.252 e. The molecular formula is C12H14N2O4S2. The highest BCUT2D eigenvalue weighted by molar-refractivity contribution is 7.99. The fraction of sp³-hybridized carbons (Fsp3) is 0.667. The van der Waals surface area contributed by atoms with Gasteiger partial charge >= 0.3 is 0 Å². The van der Waals surface area contributed by atoms with Crippen LogP contribution in [0.1, 0.15) is 20.1 Å². The Morgan fingerprint density at radius 2 is 2.20 bits per heavy atom. The van der Waals surface area contributed by atoms with Crippen molar-refractivity contribution < 1.29 is 14.2 Å². The van der Waals surface area contributed by atoms with Gasteiger partial charge in [-0.15, -0.1) is 11.8 Å². The summed E-state index contributed by atoms with van der Waals surface area (Å²) >= 11 is 6.85. The summed E-state index contributed by atoms with van der Waals surface area (Å²) in [5.74, 6) is 0.102. The molecule has 4 rings (SSSR count). The first kappa shape index (κ1) is 13.0. The second-order valence-electron chi connectivity index (χ2n) is 5.59. The molecule has 0 radical (unpaired) electrons. The molecule has 3 aliphatic rings. The van der Waals surface area contributed by atoms with E-state index in [0.717, 1.165) is 10.8 Å². The normalized spacial score (nSPS) is 37.3. The van der Waals surface area contributed by atoms with E-state index >= 15 is 0 Å². The van der Waals surface area contributed by atoms with Gasteiger partial charge in [0.1, 0.15) is 12.2 Å². The topological polar surface area (TPSA) is 65.5 Å². The van der Waals surface area contributed by atoms with E-state index in [0.29, 0.717) is 4.77 Å². The van der Waals surface area contributed by atoms with Gasteiger partial charge in [0.05, 0.1) is 11.1 Å². The SMILES string of the molecule is CC1(C)O[C@@H]2[C@H](O1)[C@H]1CSc3cc(=O)[nH]c(=S)n3[C@@H]2O1. The molecule has 8 heteroatoms. The molecule has 1 aromatic heterocycles. The Hall–Kier alpha value is -0.670. The Morgan fingerprint density at radius 1 is 1.45 bits per heavy atom. The first-order chi connectivity index (χ1) is 9.44. The number of aromatic nitrogens is 2. The average molecular weight is 314 g/mol. The molecule has 2 fully saturated rings. The zero-order valence-corrected chi connectivity index (χ0v) is 12.6. The summed E-state index contributed by atoms with van der Waals surface area (Å²) in [5, 5.41) is 0.818. The zero-order valence-electron chi connectivity index (χ0n) is 11.0. The fourth-order valence-electron chi connectivity index (χ4n) is 3.00. The number of aromatic amines is 1. The van der Waals surface area contributed by atoms with E-state index in [1.807, 2.05) is 18.4 Å². The third-order valence-corrected chi connectivity index (χ3v) is 5.12. The Bertz CT molecular complexity index is 683. The van der Waals surface area contributed by atoms with Crippen molar-refractivity contribution >= 4 is 24.0 Å². The molecule has 0 spiro atoms. The summed E-state index contributed by atoms with van der Waals surface area (Å²) < 4.78 is 20.1. The van der Waals surface area contributed by atoms with Crippen LogP contribution in [0.3, 0.4) is 0 Å². The van der Waals surface area contributed by atoms with Crippen LogP contribution in [-0.2, 0) is 14.2 Å². The minimum absolute atomic E-state index is 0.0545. The van der Waals surface area contributed by atoms with Gasteiger partial charge in [0.2, 0.25) is 0 Å². The Balaban J connectivity index is 1.85. The molecule has 3 aliphatic heterocycles. The molecule has 0 aromatic carbocycles. The van der Waals surface area contributed by atoms with Crippen molar-refractivity contribution in [2.45, 2.75) is 49.2 Å². The standard InChI is InChI=1S/C12H14N2O4S2/c1-12(2)17-8-5-4-20-7-3-6(15)13-11(19)14(7)10(16-5)9(8)18-12/h3,5,8-10H,4H2,1-2H3,(H,13,15,19)/t5-,8-,9-,10-/m1/s1. The first-order valence-corrected chi connectivity index (χ1v) is 7.84. The predicted molar refractivity (Wildman–Crippen MR) is 74.3 cm³/mol. The minimum Gasteiger partial charge on any atom is -0.348 e. The molecule has 1 N–H and O–H groups in total. The molecule has 20 heavy (non-hydrogen) atoms. The van der Waals surface area contributed by atoms with Gasteiger partial charge in [0.15, 0.2) is 16.8 Å². The van der Waals surface area contributed by atoms with Gasteiger partial charge in [-0.3, -0.25) is 14.3 Å². The van der Waals surface area contributed by atoms with Crippen LogP contribution in [0.4, 0.5) is 0 Å². The number of thioether (sulfide) groups is 1. The second-order valence-corrected chi connectivity index (χ2v) is 7.01. The van der Waals surface area contributed by atoms with Gasteiger partial charge in [-0.1, -0.05) is 0 Å². The van der Waals surface area contributed by atoms with E-state index in [-0.39, 0.29) is 30.1 Å². The minimum atomic E-state index is -0.616. The van der Waals surface area contributed by atoms with Crippen LogP contribution in [0.5, 0.6) is 0 Å². The lowest BCUT2D eigenvalue weighted by atomic mass is 10.1. The molecule has 4 heterocycles. The zero-order chi connectivity index (χ0) is 14.1. The number of ether oxygens (including phenoxy) is 3. The number of rotatable bonds is 0. The molecule has 2 saturated heterocycles. The average Bonchev–Trinajstić information content (AvgIpc) is 2.72. The number of hydrogen-bond acceptors (Lipinski definition) is 6. The second kappa shape index (κ2) is 4.17. The molecule has 108 valence electrons. The maximum absolute atomic E-state index is 11.6. The van der Waals surface area contributed by atoms with Crippen molar-refractivity contribution in [3.8, 4) is 0 Å². The third-order valence-electron chi connectivity index (χ3n) is 3.72. The molecule has 0 amide bonds. The highest BCUT2D eigenvalue weighted by Crippen LogP contribution is 2.47. The van der Waals surface area contributed by atoms with Gasteiger partial charge in [-0.2, -0.15) is 0 Å². The summed E-state index contributed by atoms with van der Waals surface area (Å²) in [6.45, 7) is 3.80. The van der Waals surface area contributed by atoms with E-state index < -0.39 is 5.79 Å². The smallest absolute Gasteiger partial charge is 0.252 e. The van der Waals surface area contributed by atoms with Crippen LogP contribution in [-0.4, -0.2) is 39.4 Å². The van der Waals surface area contributed by atoms with Crippen LogP contribution in [0.15, 0.2) is 15.9 Å². The van der Waals surface area contributed by atoms with Crippen LogP contribution in [0.25, 0.3) is 0 Å². The van der Waals surface area contributed by atoms with Crippen molar-refractivity contribution in [1.82, 2.24) is 9.55 Å². The van der Waals surface area contributed by atoms with Gasteiger partial charge in [-0.05, 0) is 26.1 Å². The van der Waals surface area contributed by atoms with Crippen LogP contribution in [0.2, 0.25) is 0 Å². The van der Waals surface area contributed by atoms with Gasteiger partial charge in [0, 0.05) is 11.8 Å². The summed E-state index contributed by atoms with van der Waals surface area (Å²) in [7, 11) is 0. The summed E-state index contributed by atoms with van der Waals surface area (Å²) in [6, 6.07) is 1.56. The predicted octanol–water partition coefficient (Wildman–Crippen LogP) is 1.43. The van der Waals surface area contributed by atoms with Crippen molar-refractivity contribution in [2.24, 2.45) is 0 Å². The molecule has 0 aliphatic carbocycles. The molecule has 4 atom stereocenters. The third kappa shape index (κ3) is 1.82. The highest BCUT2D eigenvalue weighted by Gasteiger charge is 2.57. The number of hydrogen-bond donors (Lipinski definition) is 1. The van der Waals surface area contributed by atoms with Crippen molar-refractivity contribution in [3.05, 3.63) is 21.2 Å². The molecule has 0 unspecified atom stereocenters. The first-order valence-electron chi connectivity index (χ1n) is 6.44. The number of H-pyrrole nitrogens is 1. The summed E-state index contributed by atoms with van der Waals surface area (Å²) in [4.78, 5) is 14.2. The van der Waals surface area contributed by atoms with E-state index in [2.05, 4.69) is 4.98 Å². The van der Waals surface area contributed by atoms with Gasteiger partial charge in [-0.25, -0.2) is 0 Å². The molecule has 2 bridgehead atoms. The molecule has 1 aromatic rings. The summed E-state index contributed by atoms with van der Waals surface area (Å²) in [6.07, 6.45) is -0.695. The number of nitrogens with zero attached hydrogens (tertiary/aromatic N) is 1. The van der Waals surface area contributed by atoms with Gasteiger partial charge < -0.3 is 14.2 Å². The highest BCUT2D eigenvalue weighted by atomic mass is 32.2. The number of nitrogens with one attached hydrogen (secondary N) is 1. The van der Waals surface area contributed by atoms with Crippen LogP contribution >= 0.6 is 24.0 Å². The monoisotopic (exact) mass is 314 g/mol. The molecule has 0 saturated carbocycles. The Kier molecular flexibility index (Phi) is 2.72. The van der Waals surface area contributed by atoms with E-state index in [9.17, 15) is 4.79 Å². The quantitative estimate of drug-likeness (QED) is 0.577.